The molecule has 0 aliphatic carbocycles. The Morgan fingerprint density at radius 3 is 2.76 bits per heavy atom. The normalized spacial score (nSPS) is 20.7. The summed E-state index contributed by atoms with van der Waals surface area (Å²) in [7, 11) is 1.85. The van der Waals surface area contributed by atoms with Crippen molar-refractivity contribution in [2.24, 2.45) is 0 Å². The van der Waals surface area contributed by atoms with Crippen LogP contribution in [0.3, 0.4) is 0 Å². The van der Waals surface area contributed by atoms with Crippen molar-refractivity contribution in [2.45, 2.75) is 51.7 Å². The van der Waals surface area contributed by atoms with Crippen LogP contribution in [0.1, 0.15) is 40.0 Å². The van der Waals surface area contributed by atoms with Gasteiger partial charge < -0.3 is 9.64 Å². The van der Waals surface area contributed by atoms with Gasteiger partial charge in [0.15, 0.2) is 0 Å². The van der Waals surface area contributed by atoms with E-state index in [1.807, 2.05) is 32.7 Å². The molecular weight excluding hydrogens is 218 g/mol. The number of rotatable bonds is 4. The van der Waals surface area contributed by atoms with Gasteiger partial charge in [-0.3, -0.25) is 10.9 Å². The molecule has 100 valence electrons. The summed E-state index contributed by atoms with van der Waals surface area (Å²) < 4.78 is 5.41. The number of carbonyl (C=O) groups excluding carboxylic acids is 1. The molecule has 0 aromatic heterocycles. The molecule has 1 fully saturated rings. The summed E-state index contributed by atoms with van der Waals surface area (Å²) in [6.07, 6.45) is 2.93. The Bertz CT molecular complexity index is 251. The van der Waals surface area contributed by atoms with Gasteiger partial charge in [0, 0.05) is 19.1 Å². The second-order valence-electron chi connectivity index (χ2n) is 5.44. The Hall–Kier alpha value is -0.810. The fraction of sp³-hybridized carbons (Fsp3) is 0.917. The van der Waals surface area contributed by atoms with E-state index in [1.165, 1.54) is 0 Å². The van der Waals surface area contributed by atoms with Gasteiger partial charge in [-0.1, -0.05) is 0 Å². The molecule has 17 heavy (non-hydrogen) atoms. The highest BCUT2D eigenvalue weighted by Crippen LogP contribution is 2.22. The second-order valence-corrected chi connectivity index (χ2v) is 5.44. The minimum Gasteiger partial charge on any atom is -0.444 e. The highest BCUT2D eigenvalue weighted by atomic mass is 16.6. The van der Waals surface area contributed by atoms with Crippen molar-refractivity contribution in [3.63, 3.8) is 0 Å². The summed E-state index contributed by atoms with van der Waals surface area (Å²) in [6.45, 7) is 7.38. The summed E-state index contributed by atoms with van der Waals surface area (Å²) in [5.41, 5.74) is 5.53. The molecule has 0 saturated carbocycles. The summed E-state index contributed by atoms with van der Waals surface area (Å²) in [5.74, 6) is 0. The average molecular weight is 243 g/mol. The monoisotopic (exact) mass is 243 g/mol. The first-order chi connectivity index (χ1) is 7.94. The van der Waals surface area contributed by atoms with Crippen molar-refractivity contribution < 1.29 is 9.53 Å². The highest BCUT2D eigenvalue weighted by molar-refractivity contribution is 5.68. The molecule has 5 nitrogen and oxygen atoms in total. The Kier molecular flexibility index (Phi) is 5.21. The Morgan fingerprint density at radius 1 is 1.47 bits per heavy atom. The molecule has 1 rings (SSSR count). The van der Waals surface area contributed by atoms with E-state index in [2.05, 4.69) is 10.9 Å². The van der Waals surface area contributed by atoms with E-state index in [0.29, 0.717) is 6.04 Å². The number of likely N-dealkylation sites (tertiary alicyclic amines) is 1. The van der Waals surface area contributed by atoms with E-state index < -0.39 is 5.60 Å². The number of nitrogens with one attached hydrogen (secondary N) is 2. The number of carbonyl (C=O) groups is 1. The summed E-state index contributed by atoms with van der Waals surface area (Å²) >= 11 is 0. The molecule has 0 radical (unpaired) electrons. The number of amides is 1. The summed E-state index contributed by atoms with van der Waals surface area (Å²) in [5, 5.41) is 0. The van der Waals surface area contributed by atoms with Gasteiger partial charge in [-0.05, 0) is 47.1 Å². The molecule has 5 heteroatoms. The maximum atomic E-state index is 12.0. The molecule has 0 unspecified atom stereocenters. The fourth-order valence-electron chi connectivity index (χ4n) is 2.06. The van der Waals surface area contributed by atoms with E-state index in [-0.39, 0.29) is 6.09 Å². The van der Waals surface area contributed by atoms with Crippen molar-refractivity contribution in [2.75, 3.05) is 20.1 Å². The summed E-state index contributed by atoms with van der Waals surface area (Å²) in [6, 6.07) is 0.311. The van der Waals surface area contributed by atoms with Crippen LogP contribution in [-0.4, -0.2) is 42.8 Å². The molecule has 1 heterocycles. The zero-order valence-corrected chi connectivity index (χ0v) is 11.4. The van der Waals surface area contributed by atoms with Crippen LogP contribution in [-0.2, 0) is 4.74 Å². The van der Waals surface area contributed by atoms with Crippen LogP contribution in [0, 0.1) is 0 Å². The Balaban J connectivity index is 2.42. The van der Waals surface area contributed by atoms with Crippen LogP contribution in [0.25, 0.3) is 0 Å². The maximum Gasteiger partial charge on any atom is 0.410 e. The van der Waals surface area contributed by atoms with Gasteiger partial charge in [0.2, 0.25) is 0 Å². The third-order valence-electron chi connectivity index (χ3n) is 2.78. The van der Waals surface area contributed by atoms with Gasteiger partial charge in [0.1, 0.15) is 5.60 Å². The third-order valence-corrected chi connectivity index (χ3v) is 2.78. The predicted octanol–water partition coefficient (Wildman–Crippen LogP) is 1.50. The average Bonchev–Trinajstić information content (AvgIpc) is 2.64. The highest BCUT2D eigenvalue weighted by Gasteiger charge is 2.31. The number of ether oxygens (including phenoxy) is 1. The van der Waals surface area contributed by atoms with Crippen molar-refractivity contribution in [1.82, 2.24) is 15.8 Å². The van der Waals surface area contributed by atoms with Gasteiger partial charge in [0.25, 0.3) is 0 Å². The quantitative estimate of drug-likeness (QED) is 0.580. The zero-order valence-electron chi connectivity index (χ0n) is 11.4. The molecule has 1 aliphatic rings. The molecule has 0 aromatic rings. The molecule has 0 spiro atoms. The molecular formula is C12H25N3O2. The Morgan fingerprint density at radius 2 is 2.18 bits per heavy atom. The number of nitrogens with zero attached hydrogens (tertiary/aromatic N) is 1. The lowest BCUT2D eigenvalue weighted by Crippen LogP contribution is -2.41. The van der Waals surface area contributed by atoms with Gasteiger partial charge in [-0.15, -0.1) is 0 Å². The lowest BCUT2D eigenvalue weighted by atomic mass is 10.1. The first-order valence-corrected chi connectivity index (χ1v) is 6.33. The third kappa shape index (κ3) is 4.91. The molecule has 1 amide bonds. The molecule has 1 saturated heterocycles. The standard InChI is InChI=1S/C12H25N3O2/c1-12(2,3)17-11(16)15-9-5-6-10(15)7-8-14-13-4/h10,13-14H,5-9H2,1-4H3/t10-/m1/s1. The lowest BCUT2D eigenvalue weighted by Gasteiger charge is -2.28. The largest absolute Gasteiger partial charge is 0.444 e. The second kappa shape index (κ2) is 6.21. The number of hydrogen-bond donors (Lipinski definition) is 2. The van der Waals surface area contributed by atoms with Crippen LogP contribution in [0.2, 0.25) is 0 Å². The minimum absolute atomic E-state index is 0.176. The fourth-order valence-corrected chi connectivity index (χ4v) is 2.06. The van der Waals surface area contributed by atoms with Crippen LogP contribution in [0.5, 0.6) is 0 Å². The van der Waals surface area contributed by atoms with Gasteiger partial charge >= 0.3 is 6.09 Å². The van der Waals surface area contributed by atoms with E-state index >= 15 is 0 Å². The van der Waals surface area contributed by atoms with E-state index in [9.17, 15) is 4.79 Å². The molecule has 0 aromatic carbocycles. The molecule has 2 N–H and O–H groups in total. The SMILES string of the molecule is CNNCC[C@H]1CCCN1C(=O)OC(C)(C)C. The van der Waals surface area contributed by atoms with Gasteiger partial charge in [-0.25, -0.2) is 4.79 Å². The number of hydrazine groups is 1. The van der Waals surface area contributed by atoms with E-state index in [1.54, 1.807) is 0 Å². The maximum absolute atomic E-state index is 12.0. The van der Waals surface area contributed by atoms with Crippen molar-refractivity contribution in [3.8, 4) is 0 Å². The van der Waals surface area contributed by atoms with Gasteiger partial charge in [-0.2, -0.15) is 0 Å². The topological polar surface area (TPSA) is 53.6 Å². The van der Waals surface area contributed by atoms with Crippen LogP contribution >= 0.6 is 0 Å². The van der Waals surface area contributed by atoms with Crippen molar-refractivity contribution >= 4 is 6.09 Å². The minimum atomic E-state index is -0.409. The first-order valence-electron chi connectivity index (χ1n) is 6.33. The molecule has 1 aliphatic heterocycles. The van der Waals surface area contributed by atoms with Gasteiger partial charge in [0.05, 0.1) is 0 Å². The molecule has 0 bridgehead atoms. The van der Waals surface area contributed by atoms with Crippen molar-refractivity contribution in [1.29, 1.82) is 0 Å². The number of hydrogen-bond acceptors (Lipinski definition) is 4. The summed E-state index contributed by atoms with van der Waals surface area (Å²) in [4.78, 5) is 13.8. The van der Waals surface area contributed by atoms with E-state index in [4.69, 9.17) is 4.74 Å². The predicted molar refractivity (Wildman–Crippen MR) is 67.6 cm³/mol. The van der Waals surface area contributed by atoms with E-state index in [0.717, 1.165) is 32.4 Å². The van der Waals surface area contributed by atoms with Crippen LogP contribution < -0.4 is 10.9 Å². The van der Waals surface area contributed by atoms with Crippen molar-refractivity contribution in [3.05, 3.63) is 0 Å². The smallest absolute Gasteiger partial charge is 0.410 e. The lowest BCUT2D eigenvalue weighted by molar-refractivity contribution is 0.0220. The van der Waals surface area contributed by atoms with Crippen LogP contribution in [0.15, 0.2) is 0 Å². The Labute approximate surface area is 104 Å². The zero-order chi connectivity index (χ0) is 12.9. The van der Waals surface area contributed by atoms with Crippen LogP contribution in [0.4, 0.5) is 4.79 Å². The molecule has 1 atom stereocenters. The first kappa shape index (κ1) is 14.3.